The highest BCUT2D eigenvalue weighted by Crippen LogP contribution is 2.21. The zero-order valence-electron chi connectivity index (χ0n) is 19.8. The Morgan fingerprint density at radius 2 is 1.83 bits per heavy atom. The monoisotopic (exact) mass is 485 g/mol. The lowest BCUT2D eigenvalue weighted by atomic mass is 9.98. The number of carbonyl (C=O) groups is 3. The van der Waals surface area contributed by atoms with Gasteiger partial charge < -0.3 is 16.0 Å². The summed E-state index contributed by atoms with van der Waals surface area (Å²) in [5.74, 6) is -1.64. The van der Waals surface area contributed by atoms with E-state index in [0.29, 0.717) is 38.0 Å². The number of hydrogen-bond donors (Lipinski definition) is 2. The number of nitrogens with two attached hydrogens (primary N) is 1. The summed E-state index contributed by atoms with van der Waals surface area (Å²) in [5, 5.41) is 2.65. The predicted molar refractivity (Wildman–Crippen MR) is 128 cm³/mol. The number of hydrogen-bond acceptors (Lipinski definition) is 4. The van der Waals surface area contributed by atoms with Crippen molar-refractivity contribution in [3.63, 3.8) is 0 Å². The number of nitrogens with one attached hydrogen (secondary N) is 1. The summed E-state index contributed by atoms with van der Waals surface area (Å²) in [7, 11) is 1.53. The molecule has 1 saturated heterocycles. The van der Waals surface area contributed by atoms with Gasteiger partial charge in [-0.05, 0) is 48.6 Å². The van der Waals surface area contributed by atoms with Crippen molar-refractivity contribution in [1.29, 1.82) is 0 Å². The molecule has 1 heterocycles. The van der Waals surface area contributed by atoms with Gasteiger partial charge in [0.2, 0.25) is 17.7 Å². The number of carbonyl (C=O) groups excluding carboxylic acids is 3. The van der Waals surface area contributed by atoms with E-state index in [1.807, 2.05) is 4.90 Å². The smallest absolute Gasteiger partial charge is 0.237 e. The van der Waals surface area contributed by atoms with Crippen LogP contribution in [0.2, 0.25) is 0 Å². The Labute approximate surface area is 204 Å². The molecule has 35 heavy (non-hydrogen) atoms. The fourth-order valence-electron chi connectivity index (χ4n) is 4.38. The van der Waals surface area contributed by atoms with Crippen LogP contribution in [0.3, 0.4) is 0 Å². The molecule has 187 valence electrons. The molecule has 1 aliphatic rings. The van der Waals surface area contributed by atoms with E-state index in [1.54, 1.807) is 35.2 Å². The van der Waals surface area contributed by atoms with Crippen molar-refractivity contribution in [2.75, 3.05) is 26.7 Å². The van der Waals surface area contributed by atoms with Gasteiger partial charge in [0.15, 0.2) is 0 Å². The maximum Gasteiger partial charge on any atom is 0.237 e. The second-order valence-electron chi connectivity index (χ2n) is 8.65. The summed E-state index contributed by atoms with van der Waals surface area (Å²) in [6, 6.07) is 11.3. The molecule has 3 rings (SSSR count). The average molecular weight is 486 g/mol. The molecule has 7 nitrogen and oxygen atoms in total. The Kier molecular flexibility index (Phi) is 9.31. The van der Waals surface area contributed by atoms with Gasteiger partial charge in [-0.3, -0.25) is 19.3 Å². The summed E-state index contributed by atoms with van der Waals surface area (Å²) < 4.78 is 27.5. The van der Waals surface area contributed by atoms with Crippen molar-refractivity contribution in [2.24, 2.45) is 5.73 Å². The Morgan fingerprint density at radius 3 is 2.49 bits per heavy atom. The molecule has 1 fully saturated rings. The van der Waals surface area contributed by atoms with Gasteiger partial charge in [-0.25, -0.2) is 8.78 Å². The SMILES string of the molecule is CNC(=O)C(Cc1ccccc1F)N1CCN(C(=O)[CH]Cc2ccc(F)cc2)C(CCC(N)=O)C1. The number of primary amides is 1. The molecule has 0 bridgehead atoms. The minimum atomic E-state index is -0.631. The first kappa shape index (κ1) is 26.3. The third-order valence-corrected chi connectivity index (χ3v) is 6.31. The summed E-state index contributed by atoms with van der Waals surface area (Å²) >= 11 is 0. The van der Waals surface area contributed by atoms with Gasteiger partial charge in [0.25, 0.3) is 0 Å². The highest BCUT2D eigenvalue weighted by molar-refractivity contribution is 5.86. The zero-order valence-corrected chi connectivity index (χ0v) is 19.8. The number of benzene rings is 2. The maximum absolute atomic E-state index is 14.3. The van der Waals surface area contributed by atoms with Gasteiger partial charge >= 0.3 is 0 Å². The normalized spacial score (nSPS) is 17.1. The van der Waals surface area contributed by atoms with Gasteiger partial charge in [0.05, 0.1) is 12.5 Å². The lowest BCUT2D eigenvalue weighted by Gasteiger charge is -2.44. The van der Waals surface area contributed by atoms with E-state index in [-0.39, 0.29) is 42.3 Å². The van der Waals surface area contributed by atoms with E-state index < -0.39 is 11.9 Å². The Bertz CT molecular complexity index is 1030. The van der Waals surface area contributed by atoms with Crippen LogP contribution < -0.4 is 11.1 Å². The third-order valence-electron chi connectivity index (χ3n) is 6.31. The number of rotatable bonds is 10. The molecule has 2 aromatic carbocycles. The largest absolute Gasteiger partial charge is 0.370 e. The number of nitrogens with zero attached hydrogens (tertiary/aromatic N) is 2. The van der Waals surface area contributed by atoms with Crippen molar-refractivity contribution in [2.45, 2.75) is 37.8 Å². The molecule has 0 saturated carbocycles. The zero-order chi connectivity index (χ0) is 25.4. The van der Waals surface area contributed by atoms with Crippen LogP contribution in [0.4, 0.5) is 8.78 Å². The summed E-state index contributed by atoms with van der Waals surface area (Å²) in [6.07, 6.45) is 2.51. The Hall–Kier alpha value is -3.33. The molecule has 2 aromatic rings. The van der Waals surface area contributed by atoms with Crippen LogP contribution >= 0.6 is 0 Å². The van der Waals surface area contributed by atoms with E-state index in [0.717, 1.165) is 5.56 Å². The maximum atomic E-state index is 14.3. The van der Waals surface area contributed by atoms with Gasteiger partial charge in [-0.1, -0.05) is 30.3 Å². The van der Waals surface area contributed by atoms with Crippen molar-refractivity contribution < 1.29 is 23.2 Å². The minimum Gasteiger partial charge on any atom is -0.370 e. The van der Waals surface area contributed by atoms with Crippen LogP contribution in [0.1, 0.15) is 24.0 Å². The van der Waals surface area contributed by atoms with Crippen molar-refractivity contribution in [3.05, 3.63) is 77.7 Å². The first-order valence-corrected chi connectivity index (χ1v) is 11.6. The molecular weight excluding hydrogens is 454 g/mol. The molecule has 3 amide bonds. The highest BCUT2D eigenvalue weighted by Gasteiger charge is 2.36. The molecule has 9 heteroatoms. The van der Waals surface area contributed by atoms with Gasteiger partial charge in [0, 0.05) is 39.1 Å². The number of piperazine rings is 1. The van der Waals surface area contributed by atoms with Crippen LogP contribution in [-0.2, 0) is 27.2 Å². The summed E-state index contributed by atoms with van der Waals surface area (Å²) in [4.78, 5) is 40.8. The molecule has 0 spiro atoms. The molecular formula is C26H31F2N4O3. The average Bonchev–Trinajstić information content (AvgIpc) is 2.86. The first-order chi connectivity index (χ1) is 16.8. The number of likely N-dealkylation sites (N-methyl/N-ethyl adjacent to an activating group) is 1. The highest BCUT2D eigenvalue weighted by atomic mass is 19.1. The van der Waals surface area contributed by atoms with Gasteiger partial charge in [-0.2, -0.15) is 0 Å². The van der Waals surface area contributed by atoms with Crippen molar-refractivity contribution >= 4 is 17.7 Å². The van der Waals surface area contributed by atoms with Gasteiger partial charge in [0.1, 0.15) is 11.6 Å². The van der Waals surface area contributed by atoms with Crippen LogP contribution in [0.15, 0.2) is 48.5 Å². The molecule has 1 radical (unpaired) electrons. The van der Waals surface area contributed by atoms with E-state index >= 15 is 0 Å². The van der Waals surface area contributed by atoms with E-state index in [4.69, 9.17) is 5.73 Å². The lowest BCUT2D eigenvalue weighted by Crippen LogP contribution is -2.60. The van der Waals surface area contributed by atoms with Crippen LogP contribution in [0.5, 0.6) is 0 Å². The standard InChI is InChI=1S/C26H31F2N4O3/c1-30-26(35)23(16-19-4-2-3-5-22(19)28)31-14-15-32(21(17-31)11-12-24(29)33)25(34)13-8-18-6-9-20(27)10-7-18/h2-7,9-10,13,21,23H,8,11-12,14-17H2,1H3,(H2,29,33)(H,30,35). The minimum absolute atomic E-state index is 0.0954. The molecule has 2 atom stereocenters. The predicted octanol–water partition coefficient (Wildman–Crippen LogP) is 1.85. The quantitative estimate of drug-likeness (QED) is 0.537. The number of amides is 3. The lowest BCUT2D eigenvalue weighted by molar-refractivity contribution is -0.136. The fraction of sp³-hybridized carbons (Fsp3) is 0.385. The molecule has 2 unspecified atom stereocenters. The van der Waals surface area contributed by atoms with Crippen LogP contribution in [-0.4, -0.2) is 66.3 Å². The Morgan fingerprint density at radius 1 is 1.11 bits per heavy atom. The summed E-state index contributed by atoms with van der Waals surface area (Å²) in [5.41, 5.74) is 6.59. The molecule has 0 aromatic heterocycles. The second kappa shape index (κ2) is 12.4. The molecule has 1 aliphatic heterocycles. The number of halogens is 2. The van der Waals surface area contributed by atoms with Crippen molar-refractivity contribution in [1.82, 2.24) is 15.1 Å². The third kappa shape index (κ3) is 7.32. The van der Waals surface area contributed by atoms with Crippen LogP contribution in [0, 0.1) is 18.1 Å². The van der Waals surface area contributed by atoms with E-state index in [9.17, 15) is 23.2 Å². The molecule has 3 N–H and O–H groups in total. The second-order valence-corrected chi connectivity index (χ2v) is 8.65. The first-order valence-electron chi connectivity index (χ1n) is 11.6. The van der Waals surface area contributed by atoms with E-state index in [2.05, 4.69) is 5.32 Å². The van der Waals surface area contributed by atoms with E-state index in [1.165, 1.54) is 31.7 Å². The topological polar surface area (TPSA) is 95.7 Å². The molecule has 0 aliphatic carbocycles. The van der Waals surface area contributed by atoms with Crippen molar-refractivity contribution in [3.8, 4) is 0 Å². The van der Waals surface area contributed by atoms with Crippen LogP contribution in [0.25, 0.3) is 0 Å². The Balaban J connectivity index is 1.72. The fourth-order valence-corrected chi connectivity index (χ4v) is 4.38. The van der Waals surface area contributed by atoms with Gasteiger partial charge in [-0.15, -0.1) is 0 Å². The summed E-state index contributed by atoms with van der Waals surface area (Å²) in [6.45, 7) is 1.10.